The fourth-order valence-electron chi connectivity index (χ4n) is 2.48. The molecule has 0 bridgehead atoms. The summed E-state index contributed by atoms with van der Waals surface area (Å²) < 4.78 is 15.1. The van der Waals surface area contributed by atoms with E-state index in [1.54, 1.807) is 19.2 Å². The van der Waals surface area contributed by atoms with Crippen molar-refractivity contribution in [3.05, 3.63) is 47.3 Å². The second-order valence-electron chi connectivity index (χ2n) is 5.11. The molecule has 0 saturated carbocycles. The third-order valence-corrected chi connectivity index (χ3v) is 3.58. The van der Waals surface area contributed by atoms with Crippen molar-refractivity contribution in [2.45, 2.75) is 32.7 Å². The van der Waals surface area contributed by atoms with Crippen molar-refractivity contribution < 1.29 is 9.18 Å². The maximum atomic E-state index is 13.0. The number of benzene rings is 1. The lowest BCUT2D eigenvalue weighted by atomic mass is 10.2. The molecule has 1 aromatic heterocycles. The highest BCUT2D eigenvalue weighted by Gasteiger charge is 2.17. The van der Waals surface area contributed by atoms with Crippen molar-refractivity contribution in [2.24, 2.45) is 0 Å². The average molecular weight is 273 g/mol. The summed E-state index contributed by atoms with van der Waals surface area (Å²) in [5, 5.41) is 2.78. The number of carbonyl (C=O) groups excluding carboxylic acids is 1. The van der Waals surface area contributed by atoms with Gasteiger partial charge in [-0.2, -0.15) is 0 Å². The van der Waals surface area contributed by atoms with E-state index in [4.69, 9.17) is 0 Å². The van der Waals surface area contributed by atoms with Gasteiger partial charge in [-0.3, -0.25) is 4.79 Å². The molecule has 0 unspecified atom stereocenters. The summed E-state index contributed by atoms with van der Waals surface area (Å²) in [6.07, 6.45) is 4.96. The fraction of sp³-hybridized carbons (Fsp3) is 0.333. The Balaban J connectivity index is 1.80. The molecule has 0 aliphatic carbocycles. The Labute approximate surface area is 116 Å². The lowest BCUT2D eigenvalue weighted by Gasteiger charge is -2.11. The van der Waals surface area contributed by atoms with E-state index in [-0.39, 0.29) is 11.7 Å². The minimum absolute atomic E-state index is 0.249. The van der Waals surface area contributed by atoms with Crippen molar-refractivity contribution >= 4 is 11.6 Å². The summed E-state index contributed by atoms with van der Waals surface area (Å²) >= 11 is 0. The van der Waals surface area contributed by atoms with Gasteiger partial charge in [-0.1, -0.05) is 0 Å². The van der Waals surface area contributed by atoms with Gasteiger partial charge in [0.2, 0.25) is 0 Å². The molecule has 20 heavy (non-hydrogen) atoms. The van der Waals surface area contributed by atoms with E-state index in [0.717, 1.165) is 31.6 Å². The molecule has 5 heteroatoms. The van der Waals surface area contributed by atoms with Crippen LogP contribution in [0.5, 0.6) is 0 Å². The van der Waals surface area contributed by atoms with Gasteiger partial charge < -0.3 is 9.88 Å². The standard InChI is InChI=1S/C15H16FN3O/c1-10-8-11(16)5-6-12(10)18-15(20)13-9-19-7-3-2-4-14(19)17-13/h5-6,8-9H,2-4,7H2,1H3,(H,18,20). The molecule has 0 spiro atoms. The molecule has 0 saturated heterocycles. The van der Waals surface area contributed by atoms with Gasteiger partial charge in [-0.25, -0.2) is 9.37 Å². The van der Waals surface area contributed by atoms with Gasteiger partial charge in [0.25, 0.3) is 5.91 Å². The minimum Gasteiger partial charge on any atom is -0.334 e. The SMILES string of the molecule is Cc1cc(F)ccc1NC(=O)c1cn2c(n1)CCCC2. The molecule has 4 nitrogen and oxygen atoms in total. The molecule has 3 rings (SSSR count). The van der Waals surface area contributed by atoms with Crippen molar-refractivity contribution in [2.75, 3.05) is 5.32 Å². The average Bonchev–Trinajstić information content (AvgIpc) is 2.86. The van der Waals surface area contributed by atoms with Gasteiger partial charge in [0.15, 0.2) is 0 Å². The Kier molecular flexibility index (Phi) is 3.26. The smallest absolute Gasteiger partial charge is 0.275 e. The van der Waals surface area contributed by atoms with Crippen LogP contribution in [0.1, 0.15) is 34.7 Å². The third kappa shape index (κ3) is 2.43. The number of hydrogen-bond acceptors (Lipinski definition) is 2. The van der Waals surface area contributed by atoms with E-state index in [2.05, 4.69) is 10.3 Å². The van der Waals surface area contributed by atoms with Gasteiger partial charge >= 0.3 is 0 Å². The first-order valence-corrected chi connectivity index (χ1v) is 6.77. The Hall–Kier alpha value is -2.17. The Morgan fingerprint density at radius 1 is 1.40 bits per heavy atom. The number of nitrogens with one attached hydrogen (secondary N) is 1. The molecule has 1 aromatic carbocycles. The topological polar surface area (TPSA) is 46.9 Å². The van der Waals surface area contributed by atoms with Crippen LogP contribution in [-0.4, -0.2) is 15.5 Å². The number of rotatable bonds is 2. The van der Waals surface area contributed by atoms with Crippen LogP contribution < -0.4 is 5.32 Å². The normalized spacial score (nSPS) is 13.9. The van der Waals surface area contributed by atoms with Crippen LogP contribution in [0, 0.1) is 12.7 Å². The number of hydrogen-bond donors (Lipinski definition) is 1. The van der Waals surface area contributed by atoms with Crippen LogP contribution in [0.4, 0.5) is 10.1 Å². The van der Waals surface area contributed by atoms with Crippen LogP contribution in [-0.2, 0) is 13.0 Å². The number of carbonyl (C=O) groups is 1. The number of amides is 1. The van der Waals surface area contributed by atoms with Crippen LogP contribution in [0.15, 0.2) is 24.4 Å². The summed E-state index contributed by atoms with van der Waals surface area (Å²) in [6.45, 7) is 2.68. The van der Waals surface area contributed by atoms with Crippen molar-refractivity contribution in [3.63, 3.8) is 0 Å². The number of imidazole rings is 1. The predicted molar refractivity (Wildman–Crippen MR) is 74.3 cm³/mol. The number of halogens is 1. The lowest BCUT2D eigenvalue weighted by Crippen LogP contribution is -2.13. The van der Waals surface area contributed by atoms with Crippen LogP contribution in [0.25, 0.3) is 0 Å². The van der Waals surface area contributed by atoms with Crippen molar-refractivity contribution in [1.82, 2.24) is 9.55 Å². The first kappa shape index (κ1) is 12.8. The van der Waals surface area contributed by atoms with E-state index >= 15 is 0 Å². The Bertz CT molecular complexity index is 640. The molecule has 104 valence electrons. The van der Waals surface area contributed by atoms with Crippen molar-refractivity contribution in [3.8, 4) is 0 Å². The van der Waals surface area contributed by atoms with Gasteiger partial charge in [0.05, 0.1) is 0 Å². The lowest BCUT2D eigenvalue weighted by molar-refractivity contribution is 0.102. The first-order chi connectivity index (χ1) is 9.63. The second kappa shape index (κ2) is 5.07. The van der Waals surface area contributed by atoms with E-state index < -0.39 is 0 Å². The molecule has 1 amide bonds. The molecule has 0 atom stereocenters. The zero-order chi connectivity index (χ0) is 14.1. The highest BCUT2D eigenvalue weighted by molar-refractivity contribution is 6.03. The Morgan fingerprint density at radius 3 is 3.00 bits per heavy atom. The zero-order valence-corrected chi connectivity index (χ0v) is 11.3. The summed E-state index contributed by atoms with van der Waals surface area (Å²) in [5.41, 5.74) is 1.73. The monoisotopic (exact) mass is 273 g/mol. The van der Waals surface area contributed by atoms with E-state index in [0.29, 0.717) is 16.9 Å². The molecule has 0 fully saturated rings. The van der Waals surface area contributed by atoms with Crippen LogP contribution >= 0.6 is 0 Å². The quantitative estimate of drug-likeness (QED) is 0.914. The summed E-state index contributed by atoms with van der Waals surface area (Å²) in [5.74, 6) is 0.414. The third-order valence-electron chi connectivity index (χ3n) is 3.58. The predicted octanol–water partition coefficient (Wildman–Crippen LogP) is 2.92. The number of aryl methyl sites for hydroxylation is 3. The van der Waals surface area contributed by atoms with E-state index in [9.17, 15) is 9.18 Å². The van der Waals surface area contributed by atoms with Gasteiger partial charge in [-0.05, 0) is 43.5 Å². The molecule has 2 heterocycles. The van der Waals surface area contributed by atoms with E-state index in [1.165, 1.54) is 12.1 Å². The van der Waals surface area contributed by atoms with E-state index in [1.807, 2.05) is 4.57 Å². The second-order valence-corrected chi connectivity index (χ2v) is 5.11. The molecule has 1 aliphatic rings. The molecular weight excluding hydrogens is 257 g/mol. The van der Waals surface area contributed by atoms with Gasteiger partial charge in [-0.15, -0.1) is 0 Å². The summed E-state index contributed by atoms with van der Waals surface area (Å²) in [7, 11) is 0. The highest BCUT2D eigenvalue weighted by Crippen LogP contribution is 2.18. The van der Waals surface area contributed by atoms with Crippen LogP contribution in [0.3, 0.4) is 0 Å². The fourth-order valence-corrected chi connectivity index (χ4v) is 2.48. The number of anilines is 1. The minimum atomic E-state index is -0.307. The molecular formula is C15H16FN3O. The molecule has 0 radical (unpaired) electrons. The molecule has 1 N–H and O–H groups in total. The summed E-state index contributed by atoms with van der Waals surface area (Å²) in [6, 6.07) is 4.30. The van der Waals surface area contributed by atoms with Gasteiger partial charge in [0, 0.05) is 24.8 Å². The number of nitrogens with zero attached hydrogens (tertiary/aromatic N) is 2. The van der Waals surface area contributed by atoms with Gasteiger partial charge in [0.1, 0.15) is 17.3 Å². The maximum absolute atomic E-state index is 13.0. The Morgan fingerprint density at radius 2 is 2.25 bits per heavy atom. The summed E-state index contributed by atoms with van der Waals surface area (Å²) in [4.78, 5) is 16.6. The maximum Gasteiger partial charge on any atom is 0.275 e. The molecule has 2 aromatic rings. The largest absolute Gasteiger partial charge is 0.334 e. The molecule has 1 aliphatic heterocycles. The van der Waals surface area contributed by atoms with Crippen LogP contribution in [0.2, 0.25) is 0 Å². The van der Waals surface area contributed by atoms with Crippen molar-refractivity contribution in [1.29, 1.82) is 0 Å². The first-order valence-electron chi connectivity index (χ1n) is 6.77. The zero-order valence-electron chi connectivity index (χ0n) is 11.3. The number of fused-ring (bicyclic) bond motifs is 1. The highest BCUT2D eigenvalue weighted by atomic mass is 19.1. The number of aromatic nitrogens is 2.